The van der Waals surface area contributed by atoms with E-state index in [1.807, 2.05) is 0 Å². The summed E-state index contributed by atoms with van der Waals surface area (Å²) in [6.07, 6.45) is 5.14. The topological polar surface area (TPSA) is 12.0 Å². The summed E-state index contributed by atoms with van der Waals surface area (Å²) in [5.74, 6) is 1.61. The summed E-state index contributed by atoms with van der Waals surface area (Å²) < 4.78 is 0. The Morgan fingerprint density at radius 2 is 1.76 bits per heavy atom. The predicted molar refractivity (Wildman–Crippen MR) is 87.5 cm³/mol. The Balaban J connectivity index is 1.48. The molecule has 1 aliphatic carbocycles. The van der Waals surface area contributed by atoms with Crippen LogP contribution in [-0.2, 0) is 12.8 Å². The van der Waals surface area contributed by atoms with E-state index < -0.39 is 0 Å². The van der Waals surface area contributed by atoms with E-state index in [9.17, 15) is 0 Å². The van der Waals surface area contributed by atoms with E-state index in [1.165, 1.54) is 31.2 Å². The summed E-state index contributed by atoms with van der Waals surface area (Å²) in [6.45, 7) is 1.15. The second kappa shape index (κ2) is 5.65. The Morgan fingerprint density at radius 1 is 0.952 bits per heavy atom. The fourth-order valence-corrected chi connectivity index (χ4v) is 4.27. The lowest BCUT2D eigenvalue weighted by Gasteiger charge is -2.41. The lowest BCUT2D eigenvalue weighted by molar-refractivity contribution is 0.239. The third-order valence-corrected chi connectivity index (χ3v) is 5.35. The van der Waals surface area contributed by atoms with E-state index >= 15 is 0 Å². The molecule has 4 rings (SSSR count). The summed E-state index contributed by atoms with van der Waals surface area (Å²) in [5, 5.41) is 3.81. The first-order valence-corrected chi connectivity index (χ1v) is 8.25. The third-order valence-electron chi connectivity index (χ3n) is 5.35. The first kappa shape index (κ1) is 13.1. The SMILES string of the molecule is c1ccc(CC2CC3CCc4ccccc4C3CN2)cc1. The molecule has 1 fully saturated rings. The predicted octanol–water partition coefficient (Wildman–Crippen LogP) is 3.94. The number of rotatable bonds is 2. The summed E-state index contributed by atoms with van der Waals surface area (Å²) in [6, 6.07) is 20.6. The highest BCUT2D eigenvalue weighted by molar-refractivity contribution is 5.34. The molecule has 1 heteroatoms. The van der Waals surface area contributed by atoms with Crippen molar-refractivity contribution in [3.63, 3.8) is 0 Å². The maximum Gasteiger partial charge on any atom is 0.0111 e. The second-order valence-corrected chi connectivity index (χ2v) is 6.63. The van der Waals surface area contributed by atoms with Gasteiger partial charge >= 0.3 is 0 Å². The zero-order valence-corrected chi connectivity index (χ0v) is 12.5. The number of hydrogen-bond donors (Lipinski definition) is 1. The first-order valence-electron chi connectivity index (χ1n) is 8.25. The molecule has 0 bridgehead atoms. The Hall–Kier alpha value is -1.60. The molecule has 108 valence electrons. The molecule has 0 amide bonds. The highest BCUT2D eigenvalue weighted by Crippen LogP contribution is 2.40. The molecule has 3 atom stereocenters. The highest BCUT2D eigenvalue weighted by atomic mass is 14.9. The van der Waals surface area contributed by atoms with Crippen molar-refractivity contribution in [2.24, 2.45) is 5.92 Å². The van der Waals surface area contributed by atoms with Crippen LogP contribution in [0.5, 0.6) is 0 Å². The molecule has 0 spiro atoms. The molecule has 2 aliphatic rings. The first-order chi connectivity index (χ1) is 10.4. The van der Waals surface area contributed by atoms with Gasteiger partial charge in [-0.1, -0.05) is 54.6 Å². The van der Waals surface area contributed by atoms with Crippen LogP contribution < -0.4 is 5.32 Å². The smallest absolute Gasteiger partial charge is 0.0111 e. The van der Waals surface area contributed by atoms with Gasteiger partial charge in [0.15, 0.2) is 0 Å². The van der Waals surface area contributed by atoms with Gasteiger partial charge in [0, 0.05) is 12.6 Å². The van der Waals surface area contributed by atoms with Crippen LogP contribution in [0.2, 0.25) is 0 Å². The quantitative estimate of drug-likeness (QED) is 0.877. The van der Waals surface area contributed by atoms with E-state index in [0.717, 1.165) is 18.4 Å². The van der Waals surface area contributed by atoms with Crippen molar-refractivity contribution in [2.45, 2.75) is 37.6 Å². The second-order valence-electron chi connectivity index (χ2n) is 6.63. The number of nitrogens with one attached hydrogen (secondary N) is 1. The minimum atomic E-state index is 0.652. The van der Waals surface area contributed by atoms with Crippen molar-refractivity contribution in [1.82, 2.24) is 5.32 Å². The third kappa shape index (κ3) is 2.63. The van der Waals surface area contributed by atoms with Crippen molar-refractivity contribution in [3.05, 3.63) is 71.3 Å². The van der Waals surface area contributed by atoms with E-state index in [4.69, 9.17) is 0 Å². The molecule has 2 aromatic rings. The number of aryl methyl sites for hydroxylation is 1. The van der Waals surface area contributed by atoms with Crippen LogP contribution in [0.3, 0.4) is 0 Å². The average molecular weight is 277 g/mol. The van der Waals surface area contributed by atoms with Crippen molar-refractivity contribution < 1.29 is 0 Å². The van der Waals surface area contributed by atoms with Crippen LogP contribution in [0, 0.1) is 5.92 Å². The molecule has 1 heterocycles. The van der Waals surface area contributed by atoms with Crippen molar-refractivity contribution >= 4 is 0 Å². The number of fused-ring (bicyclic) bond motifs is 3. The van der Waals surface area contributed by atoms with Crippen LogP contribution in [-0.4, -0.2) is 12.6 Å². The zero-order chi connectivity index (χ0) is 14.1. The molecule has 0 radical (unpaired) electrons. The van der Waals surface area contributed by atoms with Gasteiger partial charge in [-0.05, 0) is 54.2 Å². The molecule has 1 aliphatic heterocycles. The van der Waals surface area contributed by atoms with Gasteiger partial charge < -0.3 is 5.32 Å². The average Bonchev–Trinajstić information content (AvgIpc) is 2.55. The molecule has 3 unspecified atom stereocenters. The Labute approximate surface area is 127 Å². The van der Waals surface area contributed by atoms with Crippen LogP contribution in [0.25, 0.3) is 0 Å². The normalized spacial score (nSPS) is 27.7. The lowest BCUT2D eigenvalue weighted by Crippen LogP contribution is -2.45. The zero-order valence-electron chi connectivity index (χ0n) is 12.5. The fraction of sp³-hybridized carbons (Fsp3) is 0.400. The van der Waals surface area contributed by atoms with E-state index in [1.54, 1.807) is 11.1 Å². The summed E-state index contributed by atoms with van der Waals surface area (Å²) in [5.41, 5.74) is 4.66. The van der Waals surface area contributed by atoms with Gasteiger partial charge in [0.05, 0.1) is 0 Å². The van der Waals surface area contributed by atoms with Gasteiger partial charge in [0.25, 0.3) is 0 Å². The number of benzene rings is 2. The van der Waals surface area contributed by atoms with E-state index in [2.05, 4.69) is 59.9 Å². The van der Waals surface area contributed by atoms with E-state index in [-0.39, 0.29) is 0 Å². The molecule has 21 heavy (non-hydrogen) atoms. The van der Waals surface area contributed by atoms with Gasteiger partial charge in [-0.25, -0.2) is 0 Å². The largest absolute Gasteiger partial charge is 0.313 e. The molecule has 2 aromatic carbocycles. The maximum atomic E-state index is 3.81. The fourth-order valence-electron chi connectivity index (χ4n) is 4.27. The Morgan fingerprint density at radius 3 is 2.67 bits per heavy atom. The van der Waals surface area contributed by atoms with Gasteiger partial charge in [-0.2, -0.15) is 0 Å². The van der Waals surface area contributed by atoms with Gasteiger partial charge in [0.1, 0.15) is 0 Å². The van der Waals surface area contributed by atoms with Gasteiger partial charge in [-0.3, -0.25) is 0 Å². The molecule has 1 nitrogen and oxygen atoms in total. The Kier molecular flexibility index (Phi) is 3.52. The van der Waals surface area contributed by atoms with Crippen LogP contribution in [0.15, 0.2) is 54.6 Å². The van der Waals surface area contributed by atoms with Crippen molar-refractivity contribution in [1.29, 1.82) is 0 Å². The monoisotopic (exact) mass is 277 g/mol. The molecule has 1 N–H and O–H groups in total. The standard InChI is InChI=1S/C20H23N/c1-2-6-15(7-3-1)12-18-13-17-11-10-16-8-4-5-9-19(16)20(17)14-21-18/h1-9,17-18,20-21H,10-14H2. The van der Waals surface area contributed by atoms with Crippen LogP contribution in [0.1, 0.15) is 35.4 Å². The lowest BCUT2D eigenvalue weighted by atomic mass is 9.70. The highest BCUT2D eigenvalue weighted by Gasteiger charge is 2.34. The molecular formula is C20H23N. The molecule has 1 saturated heterocycles. The molecule has 0 saturated carbocycles. The minimum absolute atomic E-state index is 0.652. The number of piperidine rings is 1. The minimum Gasteiger partial charge on any atom is -0.313 e. The number of hydrogen-bond acceptors (Lipinski definition) is 1. The maximum absolute atomic E-state index is 3.81. The molecule has 0 aromatic heterocycles. The molecular weight excluding hydrogens is 254 g/mol. The van der Waals surface area contributed by atoms with Gasteiger partial charge in [0.2, 0.25) is 0 Å². The summed E-state index contributed by atoms with van der Waals surface area (Å²) in [4.78, 5) is 0. The van der Waals surface area contributed by atoms with Gasteiger partial charge in [-0.15, -0.1) is 0 Å². The summed E-state index contributed by atoms with van der Waals surface area (Å²) in [7, 11) is 0. The Bertz CT molecular complexity index is 604. The van der Waals surface area contributed by atoms with Crippen LogP contribution >= 0.6 is 0 Å². The van der Waals surface area contributed by atoms with E-state index in [0.29, 0.717) is 6.04 Å². The van der Waals surface area contributed by atoms with Crippen molar-refractivity contribution in [2.75, 3.05) is 6.54 Å². The van der Waals surface area contributed by atoms with Crippen LogP contribution in [0.4, 0.5) is 0 Å². The summed E-state index contributed by atoms with van der Waals surface area (Å²) >= 11 is 0. The van der Waals surface area contributed by atoms with Crippen molar-refractivity contribution in [3.8, 4) is 0 Å².